The number of halogens is 1. The van der Waals surface area contributed by atoms with Crippen LogP contribution in [0.4, 0.5) is 10.1 Å². The molecule has 0 amide bonds. The van der Waals surface area contributed by atoms with Crippen molar-refractivity contribution in [3.05, 3.63) is 29.6 Å². The SMILES string of the molecule is CCC(C)CN(C)c1ccc(C(C)N)cc1F. The molecule has 0 spiro atoms. The van der Waals surface area contributed by atoms with E-state index in [0.717, 1.165) is 18.5 Å². The molecule has 1 rings (SSSR count). The van der Waals surface area contributed by atoms with Crippen LogP contribution in [0.5, 0.6) is 0 Å². The van der Waals surface area contributed by atoms with Gasteiger partial charge in [-0.3, -0.25) is 0 Å². The minimum atomic E-state index is -0.189. The minimum absolute atomic E-state index is 0.126. The zero-order valence-electron chi connectivity index (χ0n) is 11.2. The van der Waals surface area contributed by atoms with E-state index in [1.165, 1.54) is 6.07 Å². The van der Waals surface area contributed by atoms with Crippen molar-refractivity contribution < 1.29 is 4.39 Å². The van der Waals surface area contributed by atoms with E-state index < -0.39 is 0 Å². The molecule has 96 valence electrons. The van der Waals surface area contributed by atoms with E-state index in [1.807, 2.05) is 31.0 Å². The maximum absolute atomic E-state index is 13.9. The van der Waals surface area contributed by atoms with E-state index in [1.54, 1.807) is 0 Å². The Kier molecular flexibility index (Phi) is 4.94. The van der Waals surface area contributed by atoms with E-state index in [2.05, 4.69) is 13.8 Å². The van der Waals surface area contributed by atoms with Gasteiger partial charge in [0.25, 0.3) is 0 Å². The average Bonchev–Trinajstić information content (AvgIpc) is 2.28. The van der Waals surface area contributed by atoms with E-state index in [9.17, 15) is 4.39 Å². The Morgan fingerprint density at radius 3 is 2.47 bits per heavy atom. The highest BCUT2D eigenvalue weighted by Crippen LogP contribution is 2.22. The van der Waals surface area contributed by atoms with Crippen LogP contribution in [0.1, 0.15) is 38.8 Å². The lowest BCUT2D eigenvalue weighted by Gasteiger charge is -2.23. The normalized spacial score (nSPS) is 14.5. The van der Waals surface area contributed by atoms with Gasteiger partial charge < -0.3 is 10.6 Å². The number of nitrogens with zero attached hydrogens (tertiary/aromatic N) is 1. The summed E-state index contributed by atoms with van der Waals surface area (Å²) < 4.78 is 13.9. The number of hydrogen-bond acceptors (Lipinski definition) is 2. The van der Waals surface area contributed by atoms with Crippen LogP contribution in [-0.2, 0) is 0 Å². The standard InChI is InChI=1S/C14H23FN2/c1-5-10(2)9-17(4)14-7-6-12(11(3)16)8-13(14)15/h6-8,10-11H,5,9,16H2,1-4H3. The summed E-state index contributed by atoms with van der Waals surface area (Å²) in [5.74, 6) is 0.373. The van der Waals surface area contributed by atoms with Gasteiger partial charge in [-0.15, -0.1) is 0 Å². The first-order valence-corrected chi connectivity index (χ1v) is 6.21. The summed E-state index contributed by atoms with van der Waals surface area (Å²) >= 11 is 0. The minimum Gasteiger partial charge on any atom is -0.372 e. The fraction of sp³-hybridized carbons (Fsp3) is 0.571. The van der Waals surface area contributed by atoms with Gasteiger partial charge in [-0.05, 0) is 30.5 Å². The van der Waals surface area contributed by atoms with Crippen LogP contribution in [0.2, 0.25) is 0 Å². The fourth-order valence-corrected chi connectivity index (χ4v) is 1.81. The molecule has 0 aromatic heterocycles. The molecule has 2 atom stereocenters. The van der Waals surface area contributed by atoms with Crippen molar-refractivity contribution in [2.75, 3.05) is 18.5 Å². The summed E-state index contributed by atoms with van der Waals surface area (Å²) in [6.45, 7) is 7.04. The predicted molar refractivity (Wildman–Crippen MR) is 71.7 cm³/mol. The third-order valence-corrected chi connectivity index (χ3v) is 3.19. The van der Waals surface area contributed by atoms with E-state index in [4.69, 9.17) is 5.73 Å². The molecule has 0 saturated carbocycles. The maximum Gasteiger partial charge on any atom is 0.146 e. The van der Waals surface area contributed by atoms with Crippen LogP contribution in [0.25, 0.3) is 0 Å². The average molecular weight is 238 g/mol. The van der Waals surface area contributed by atoms with Crippen molar-refractivity contribution in [3.8, 4) is 0 Å². The molecule has 0 radical (unpaired) electrons. The topological polar surface area (TPSA) is 29.3 Å². The number of rotatable bonds is 5. The van der Waals surface area contributed by atoms with Gasteiger partial charge in [-0.2, -0.15) is 0 Å². The first kappa shape index (κ1) is 14.0. The Bertz CT molecular complexity index is 363. The Hall–Kier alpha value is -1.09. The quantitative estimate of drug-likeness (QED) is 0.852. The van der Waals surface area contributed by atoms with Gasteiger partial charge in [0.2, 0.25) is 0 Å². The van der Waals surface area contributed by atoms with Crippen molar-refractivity contribution in [3.63, 3.8) is 0 Å². The van der Waals surface area contributed by atoms with Crippen LogP contribution >= 0.6 is 0 Å². The Labute approximate surface area is 104 Å². The van der Waals surface area contributed by atoms with Crippen LogP contribution in [-0.4, -0.2) is 13.6 Å². The molecule has 0 aliphatic heterocycles. The third kappa shape index (κ3) is 3.70. The number of nitrogens with two attached hydrogens (primary N) is 1. The molecule has 0 aliphatic carbocycles. The van der Waals surface area contributed by atoms with E-state index in [0.29, 0.717) is 11.6 Å². The number of hydrogen-bond donors (Lipinski definition) is 1. The molecular formula is C14H23FN2. The van der Waals surface area contributed by atoms with Crippen LogP contribution in [0.15, 0.2) is 18.2 Å². The zero-order valence-corrected chi connectivity index (χ0v) is 11.2. The molecule has 0 heterocycles. The Morgan fingerprint density at radius 1 is 1.35 bits per heavy atom. The summed E-state index contributed by atoms with van der Waals surface area (Å²) in [7, 11) is 1.93. The summed E-state index contributed by atoms with van der Waals surface area (Å²) in [5.41, 5.74) is 7.21. The van der Waals surface area contributed by atoms with Crippen molar-refractivity contribution in [1.29, 1.82) is 0 Å². The Morgan fingerprint density at radius 2 is 2.00 bits per heavy atom. The molecule has 0 aliphatic rings. The summed E-state index contributed by atoms with van der Waals surface area (Å²) in [6.07, 6.45) is 1.10. The van der Waals surface area contributed by atoms with Gasteiger partial charge in [0.1, 0.15) is 5.82 Å². The van der Waals surface area contributed by atoms with Gasteiger partial charge in [-0.1, -0.05) is 26.3 Å². The van der Waals surface area contributed by atoms with Gasteiger partial charge in [0.05, 0.1) is 5.69 Å². The summed E-state index contributed by atoms with van der Waals surface area (Å²) in [5, 5.41) is 0. The summed E-state index contributed by atoms with van der Waals surface area (Å²) in [6, 6.07) is 5.12. The molecule has 0 fully saturated rings. The molecule has 1 aromatic rings. The number of benzene rings is 1. The highest BCUT2D eigenvalue weighted by Gasteiger charge is 2.11. The lowest BCUT2D eigenvalue weighted by atomic mass is 10.1. The summed E-state index contributed by atoms with van der Waals surface area (Å²) in [4.78, 5) is 1.97. The first-order valence-electron chi connectivity index (χ1n) is 6.21. The molecule has 2 N–H and O–H groups in total. The van der Waals surface area contributed by atoms with Gasteiger partial charge >= 0.3 is 0 Å². The molecular weight excluding hydrogens is 215 g/mol. The van der Waals surface area contributed by atoms with Crippen molar-refractivity contribution in [1.82, 2.24) is 0 Å². The molecule has 17 heavy (non-hydrogen) atoms. The smallest absolute Gasteiger partial charge is 0.146 e. The van der Waals surface area contributed by atoms with E-state index >= 15 is 0 Å². The lowest BCUT2D eigenvalue weighted by molar-refractivity contribution is 0.549. The largest absolute Gasteiger partial charge is 0.372 e. The second kappa shape index (κ2) is 6.01. The van der Waals surface area contributed by atoms with Crippen molar-refractivity contribution >= 4 is 5.69 Å². The highest BCUT2D eigenvalue weighted by atomic mass is 19.1. The lowest BCUT2D eigenvalue weighted by Crippen LogP contribution is -2.24. The molecule has 0 saturated heterocycles. The van der Waals surface area contributed by atoms with Crippen molar-refractivity contribution in [2.45, 2.75) is 33.2 Å². The molecule has 2 unspecified atom stereocenters. The second-order valence-corrected chi connectivity index (χ2v) is 4.89. The van der Waals surface area contributed by atoms with Gasteiger partial charge in [0, 0.05) is 19.6 Å². The fourth-order valence-electron chi connectivity index (χ4n) is 1.81. The highest BCUT2D eigenvalue weighted by molar-refractivity contribution is 5.48. The van der Waals surface area contributed by atoms with Crippen molar-refractivity contribution in [2.24, 2.45) is 11.7 Å². The van der Waals surface area contributed by atoms with E-state index in [-0.39, 0.29) is 11.9 Å². The first-order chi connectivity index (χ1) is 7.95. The second-order valence-electron chi connectivity index (χ2n) is 4.89. The monoisotopic (exact) mass is 238 g/mol. The van der Waals surface area contributed by atoms with Gasteiger partial charge in [0.15, 0.2) is 0 Å². The molecule has 0 bridgehead atoms. The predicted octanol–water partition coefficient (Wildman–Crippen LogP) is 3.33. The van der Waals surface area contributed by atoms with Crippen LogP contribution in [0.3, 0.4) is 0 Å². The molecule has 3 heteroatoms. The third-order valence-electron chi connectivity index (χ3n) is 3.19. The van der Waals surface area contributed by atoms with Crippen LogP contribution in [0, 0.1) is 11.7 Å². The maximum atomic E-state index is 13.9. The van der Waals surface area contributed by atoms with Gasteiger partial charge in [-0.25, -0.2) is 4.39 Å². The number of anilines is 1. The van der Waals surface area contributed by atoms with Crippen LogP contribution < -0.4 is 10.6 Å². The Balaban J connectivity index is 2.84. The zero-order chi connectivity index (χ0) is 13.0. The molecule has 2 nitrogen and oxygen atoms in total. The molecule has 1 aromatic carbocycles.